The number of ketones is 1. The topological polar surface area (TPSA) is 133 Å². The van der Waals surface area contributed by atoms with Crippen LogP contribution in [0.2, 0.25) is 0 Å². The predicted octanol–water partition coefficient (Wildman–Crippen LogP) is 3.02. The number of nitrogens with one attached hydrogen (secondary N) is 1. The van der Waals surface area contributed by atoms with Crippen LogP contribution >= 0.6 is 0 Å². The molecule has 2 aromatic rings. The van der Waals surface area contributed by atoms with Crippen LogP contribution in [0, 0.1) is 23.0 Å². The highest BCUT2D eigenvalue weighted by molar-refractivity contribution is 7.89. The quantitative estimate of drug-likeness (QED) is 0.256. The fraction of sp³-hybridized carbons (Fsp3) is 0.333. The Balaban J connectivity index is 2.13. The lowest BCUT2D eigenvalue weighted by Gasteiger charge is -2.22. The van der Waals surface area contributed by atoms with Gasteiger partial charge in [0.05, 0.1) is 9.82 Å². The zero-order chi connectivity index (χ0) is 23.2. The molecule has 2 rings (SSSR count). The Morgan fingerprint density at radius 1 is 1.16 bits per heavy atom. The van der Waals surface area contributed by atoms with E-state index in [1.54, 1.807) is 26.0 Å². The minimum atomic E-state index is -3.99. The molecule has 0 aliphatic heterocycles. The molecule has 0 saturated heterocycles. The van der Waals surface area contributed by atoms with Gasteiger partial charge in [0.1, 0.15) is 6.04 Å². The van der Waals surface area contributed by atoms with Crippen LogP contribution in [-0.2, 0) is 19.6 Å². The van der Waals surface area contributed by atoms with Crippen molar-refractivity contribution in [1.29, 1.82) is 0 Å². The second-order valence-corrected chi connectivity index (χ2v) is 8.85. The highest BCUT2D eigenvalue weighted by Gasteiger charge is 2.31. The maximum absolute atomic E-state index is 12.7. The van der Waals surface area contributed by atoms with Gasteiger partial charge in [-0.2, -0.15) is 4.72 Å². The molecule has 1 N–H and O–H groups in total. The van der Waals surface area contributed by atoms with Gasteiger partial charge >= 0.3 is 5.97 Å². The molecule has 31 heavy (non-hydrogen) atoms. The Morgan fingerprint density at radius 3 is 2.39 bits per heavy atom. The summed E-state index contributed by atoms with van der Waals surface area (Å²) < 4.78 is 32.8. The summed E-state index contributed by atoms with van der Waals surface area (Å²) in [5.41, 5.74) is 0.638. The monoisotopic (exact) mass is 448 g/mol. The molecule has 9 nitrogen and oxygen atoms in total. The van der Waals surface area contributed by atoms with Crippen LogP contribution in [-0.4, -0.2) is 37.7 Å². The van der Waals surface area contributed by atoms with Crippen LogP contribution in [0.25, 0.3) is 0 Å². The number of aryl methyl sites for hydroxylation is 1. The van der Waals surface area contributed by atoms with E-state index in [0.29, 0.717) is 6.42 Å². The van der Waals surface area contributed by atoms with Crippen molar-refractivity contribution in [1.82, 2.24) is 4.72 Å². The maximum atomic E-state index is 12.7. The van der Waals surface area contributed by atoms with Gasteiger partial charge in [-0.1, -0.05) is 50.1 Å². The van der Waals surface area contributed by atoms with Gasteiger partial charge in [-0.15, -0.1) is 0 Å². The summed E-state index contributed by atoms with van der Waals surface area (Å²) in [4.78, 5) is 35.1. The molecular weight excluding hydrogens is 424 g/mol. The van der Waals surface area contributed by atoms with Crippen molar-refractivity contribution in [3.63, 3.8) is 0 Å². The summed E-state index contributed by atoms with van der Waals surface area (Å²) in [6.45, 7) is 4.63. The van der Waals surface area contributed by atoms with Gasteiger partial charge in [-0.3, -0.25) is 19.7 Å². The number of non-ortho nitro benzene ring substituents is 1. The Bertz CT molecular complexity index is 1070. The number of nitrogens with zero attached hydrogens (tertiary/aromatic N) is 1. The van der Waals surface area contributed by atoms with E-state index >= 15 is 0 Å². The van der Waals surface area contributed by atoms with Gasteiger partial charge in [0, 0.05) is 17.7 Å². The Kier molecular flexibility index (Phi) is 8.01. The van der Waals surface area contributed by atoms with Crippen LogP contribution in [0.1, 0.15) is 36.2 Å². The lowest BCUT2D eigenvalue weighted by atomic mass is 10.0. The average molecular weight is 448 g/mol. The summed E-state index contributed by atoms with van der Waals surface area (Å²) in [5, 5.41) is 10.9. The van der Waals surface area contributed by atoms with Crippen molar-refractivity contribution in [2.45, 2.75) is 38.1 Å². The lowest BCUT2D eigenvalue weighted by Crippen LogP contribution is -2.46. The van der Waals surface area contributed by atoms with Crippen LogP contribution in [0.15, 0.2) is 53.4 Å². The zero-order valence-corrected chi connectivity index (χ0v) is 18.2. The summed E-state index contributed by atoms with van der Waals surface area (Å²) in [6, 6.07) is 10.00. The number of nitro groups is 1. The van der Waals surface area contributed by atoms with Crippen molar-refractivity contribution in [3.05, 3.63) is 69.8 Å². The fourth-order valence-electron chi connectivity index (χ4n) is 2.69. The zero-order valence-electron chi connectivity index (χ0n) is 17.4. The summed E-state index contributed by atoms with van der Waals surface area (Å²) in [5.74, 6) is -1.94. The number of carbonyl (C=O) groups is 2. The number of hydrogen-bond donors (Lipinski definition) is 1. The highest BCUT2D eigenvalue weighted by Crippen LogP contribution is 2.17. The maximum Gasteiger partial charge on any atom is 0.324 e. The minimum Gasteiger partial charge on any atom is -0.456 e. The number of sulfonamides is 1. The third-order valence-corrected chi connectivity index (χ3v) is 6.26. The standard InChI is InChI=1S/C21H24N2O7S/c1-4-15(3)20(22-31(28,29)18-10-8-14(2)9-11-18)21(25)30-13-19(24)16-6-5-7-17(12-16)23(26)27/h5-12,15,20,22H,4,13H2,1-3H3/t15-,20-/m1/s1. The van der Waals surface area contributed by atoms with Gasteiger partial charge in [0.25, 0.3) is 5.69 Å². The van der Waals surface area contributed by atoms with Crippen LogP contribution in [0.4, 0.5) is 5.69 Å². The highest BCUT2D eigenvalue weighted by atomic mass is 32.2. The van der Waals surface area contributed by atoms with Gasteiger partial charge < -0.3 is 4.74 Å². The Labute approximate surface area is 180 Å². The van der Waals surface area contributed by atoms with E-state index in [2.05, 4.69) is 4.72 Å². The lowest BCUT2D eigenvalue weighted by molar-refractivity contribution is -0.384. The third-order valence-electron chi connectivity index (χ3n) is 4.80. The second kappa shape index (κ2) is 10.3. The first kappa shape index (κ1) is 24.2. The van der Waals surface area contributed by atoms with Crippen molar-refractivity contribution >= 4 is 27.5 Å². The largest absolute Gasteiger partial charge is 0.456 e. The molecule has 0 bridgehead atoms. The summed E-state index contributed by atoms with van der Waals surface area (Å²) in [6.07, 6.45) is 0.481. The molecule has 0 unspecified atom stereocenters. The van der Waals surface area contributed by atoms with E-state index in [0.717, 1.165) is 11.6 Å². The van der Waals surface area contributed by atoms with E-state index < -0.39 is 45.3 Å². The van der Waals surface area contributed by atoms with E-state index in [4.69, 9.17) is 4.74 Å². The molecule has 0 amide bonds. The van der Waals surface area contributed by atoms with Crippen LogP contribution < -0.4 is 4.72 Å². The number of rotatable bonds is 10. The van der Waals surface area contributed by atoms with Crippen molar-refractivity contribution in [3.8, 4) is 0 Å². The molecule has 0 heterocycles. The molecule has 2 atom stereocenters. The third kappa shape index (κ3) is 6.43. The number of nitro benzene ring substituents is 1. The molecule has 0 radical (unpaired) electrons. The number of benzene rings is 2. The van der Waals surface area contributed by atoms with Gasteiger partial charge in [-0.05, 0) is 25.0 Å². The Hall–Kier alpha value is -3.11. The summed E-state index contributed by atoms with van der Waals surface area (Å²) >= 11 is 0. The van der Waals surface area contributed by atoms with Gasteiger partial charge in [-0.25, -0.2) is 8.42 Å². The predicted molar refractivity (Wildman–Crippen MR) is 113 cm³/mol. The van der Waals surface area contributed by atoms with Gasteiger partial charge in [0.2, 0.25) is 15.8 Å². The molecule has 0 spiro atoms. The first-order chi connectivity index (χ1) is 14.5. The average Bonchev–Trinajstić information content (AvgIpc) is 2.75. The van der Waals surface area contributed by atoms with Crippen LogP contribution in [0.3, 0.4) is 0 Å². The molecule has 0 aliphatic carbocycles. The van der Waals surface area contributed by atoms with E-state index in [-0.39, 0.29) is 16.1 Å². The fourth-order valence-corrected chi connectivity index (χ4v) is 3.98. The van der Waals surface area contributed by atoms with E-state index in [9.17, 15) is 28.1 Å². The number of carbonyl (C=O) groups excluding carboxylic acids is 2. The van der Waals surface area contributed by atoms with E-state index in [1.807, 2.05) is 6.92 Å². The summed E-state index contributed by atoms with van der Waals surface area (Å²) in [7, 11) is -3.99. The number of Topliss-reactive ketones (excluding diaryl/α,β-unsaturated/α-hetero) is 1. The minimum absolute atomic E-state index is 0.00637. The normalized spacial score (nSPS) is 13.3. The molecule has 10 heteroatoms. The Morgan fingerprint density at radius 2 is 1.81 bits per heavy atom. The van der Waals surface area contributed by atoms with Crippen molar-refractivity contribution < 1.29 is 27.7 Å². The smallest absolute Gasteiger partial charge is 0.324 e. The molecular formula is C21H24N2O7S. The van der Waals surface area contributed by atoms with Crippen molar-refractivity contribution in [2.24, 2.45) is 5.92 Å². The van der Waals surface area contributed by atoms with Crippen molar-refractivity contribution in [2.75, 3.05) is 6.61 Å². The molecule has 0 saturated carbocycles. The number of esters is 1. The van der Waals surface area contributed by atoms with Crippen LogP contribution in [0.5, 0.6) is 0 Å². The molecule has 0 aromatic heterocycles. The number of ether oxygens (including phenoxy) is 1. The van der Waals surface area contributed by atoms with Gasteiger partial charge in [0.15, 0.2) is 6.61 Å². The molecule has 2 aromatic carbocycles. The molecule has 166 valence electrons. The molecule has 0 fully saturated rings. The first-order valence-electron chi connectivity index (χ1n) is 9.58. The van der Waals surface area contributed by atoms with E-state index in [1.165, 1.54) is 30.3 Å². The second-order valence-electron chi connectivity index (χ2n) is 7.14. The molecule has 0 aliphatic rings. The number of hydrogen-bond acceptors (Lipinski definition) is 7. The SMILES string of the molecule is CC[C@@H](C)[C@@H](NS(=O)(=O)c1ccc(C)cc1)C(=O)OCC(=O)c1cccc([N+](=O)[O-])c1. The first-order valence-corrected chi connectivity index (χ1v) is 11.1.